The largest absolute Gasteiger partial charge is 0.419 e. The van der Waals surface area contributed by atoms with Crippen LogP contribution in [0.3, 0.4) is 0 Å². The molecule has 2 N–H and O–H groups in total. The molecule has 2 aliphatic rings. The van der Waals surface area contributed by atoms with E-state index in [1.165, 1.54) is 12.3 Å². The molecule has 4 nitrogen and oxygen atoms in total. The van der Waals surface area contributed by atoms with Gasteiger partial charge in [0.25, 0.3) is 0 Å². The van der Waals surface area contributed by atoms with Crippen molar-refractivity contribution in [3.63, 3.8) is 0 Å². The molecule has 116 valence electrons. The van der Waals surface area contributed by atoms with Crippen molar-refractivity contribution in [2.24, 2.45) is 11.8 Å². The summed E-state index contributed by atoms with van der Waals surface area (Å²) in [7, 11) is 0. The van der Waals surface area contributed by atoms with Crippen molar-refractivity contribution in [1.82, 2.24) is 4.98 Å². The van der Waals surface area contributed by atoms with Gasteiger partial charge in [-0.15, -0.1) is 0 Å². The Morgan fingerprint density at radius 2 is 1.67 bits per heavy atom. The third kappa shape index (κ3) is 2.72. The monoisotopic (exact) mass is 302 g/mol. The van der Waals surface area contributed by atoms with Gasteiger partial charge in [-0.05, 0) is 36.8 Å². The van der Waals surface area contributed by atoms with Crippen LogP contribution in [-0.2, 0) is 6.18 Å². The molecule has 2 heterocycles. The van der Waals surface area contributed by atoms with Crippen molar-refractivity contribution < 1.29 is 23.4 Å². The summed E-state index contributed by atoms with van der Waals surface area (Å²) in [5.41, 5.74) is -0.732. The van der Waals surface area contributed by atoms with E-state index in [1.807, 2.05) is 0 Å². The SMILES string of the molecule is O[C@@H]1C[C@H]2CN(c3ncccc3C(F)(F)F)C[C@H]2C[C@@H]1O. The molecule has 1 saturated carbocycles. The molecule has 1 aromatic heterocycles. The summed E-state index contributed by atoms with van der Waals surface area (Å²) in [6.07, 6.45) is -3.78. The minimum atomic E-state index is -4.43. The van der Waals surface area contributed by atoms with Gasteiger partial charge in [0.15, 0.2) is 0 Å². The molecule has 0 amide bonds. The Kier molecular flexibility index (Phi) is 3.57. The van der Waals surface area contributed by atoms with Crippen molar-refractivity contribution in [3.8, 4) is 0 Å². The van der Waals surface area contributed by atoms with Gasteiger partial charge < -0.3 is 15.1 Å². The lowest BCUT2D eigenvalue weighted by molar-refractivity contribution is -0.137. The quantitative estimate of drug-likeness (QED) is 0.828. The van der Waals surface area contributed by atoms with Gasteiger partial charge in [0.05, 0.1) is 17.8 Å². The molecule has 1 aliphatic heterocycles. The van der Waals surface area contributed by atoms with E-state index in [2.05, 4.69) is 4.98 Å². The van der Waals surface area contributed by atoms with E-state index in [4.69, 9.17) is 0 Å². The minimum absolute atomic E-state index is 0.0524. The fourth-order valence-corrected chi connectivity index (χ4v) is 3.45. The van der Waals surface area contributed by atoms with Crippen LogP contribution in [0.25, 0.3) is 0 Å². The maximum absolute atomic E-state index is 13.0. The predicted molar refractivity (Wildman–Crippen MR) is 69.7 cm³/mol. The highest BCUT2D eigenvalue weighted by Gasteiger charge is 2.43. The first-order chi connectivity index (χ1) is 9.86. The number of aliphatic hydroxyl groups is 2. The van der Waals surface area contributed by atoms with E-state index in [-0.39, 0.29) is 17.7 Å². The van der Waals surface area contributed by atoms with Gasteiger partial charge in [-0.25, -0.2) is 4.98 Å². The minimum Gasteiger partial charge on any atom is -0.390 e. The van der Waals surface area contributed by atoms with E-state index in [0.29, 0.717) is 25.9 Å². The Bertz CT molecular complexity index is 505. The highest BCUT2D eigenvalue weighted by atomic mass is 19.4. The Balaban J connectivity index is 1.84. The number of aromatic nitrogens is 1. The normalized spacial score (nSPS) is 33.1. The second kappa shape index (κ2) is 5.14. The molecule has 7 heteroatoms. The average Bonchev–Trinajstić information content (AvgIpc) is 2.81. The molecular formula is C14H17F3N2O2. The van der Waals surface area contributed by atoms with Crippen LogP contribution < -0.4 is 4.90 Å². The fourth-order valence-electron chi connectivity index (χ4n) is 3.45. The van der Waals surface area contributed by atoms with Crippen molar-refractivity contribution in [3.05, 3.63) is 23.9 Å². The summed E-state index contributed by atoms with van der Waals surface area (Å²) in [4.78, 5) is 5.53. The molecular weight excluding hydrogens is 285 g/mol. The van der Waals surface area contributed by atoms with Crippen molar-refractivity contribution >= 4 is 5.82 Å². The second-order valence-electron chi connectivity index (χ2n) is 5.90. The molecule has 0 spiro atoms. The molecule has 0 bridgehead atoms. The van der Waals surface area contributed by atoms with Gasteiger partial charge in [-0.1, -0.05) is 0 Å². The molecule has 4 atom stereocenters. The van der Waals surface area contributed by atoms with Gasteiger partial charge in [-0.2, -0.15) is 13.2 Å². The van der Waals surface area contributed by atoms with Crippen molar-refractivity contribution in [2.75, 3.05) is 18.0 Å². The number of hydrogen-bond acceptors (Lipinski definition) is 4. The molecule has 0 unspecified atom stereocenters. The van der Waals surface area contributed by atoms with E-state index >= 15 is 0 Å². The molecule has 1 aromatic rings. The van der Waals surface area contributed by atoms with E-state index in [1.54, 1.807) is 4.90 Å². The zero-order chi connectivity index (χ0) is 15.2. The Morgan fingerprint density at radius 1 is 1.10 bits per heavy atom. The third-order valence-corrected chi connectivity index (χ3v) is 4.50. The van der Waals surface area contributed by atoms with Crippen LogP contribution in [0, 0.1) is 11.8 Å². The molecule has 3 rings (SSSR count). The van der Waals surface area contributed by atoms with Crippen LogP contribution in [-0.4, -0.2) is 40.5 Å². The number of halogens is 3. The summed E-state index contributed by atoms with van der Waals surface area (Å²) in [6.45, 7) is 0.878. The van der Waals surface area contributed by atoms with Crippen LogP contribution in [0.2, 0.25) is 0 Å². The number of pyridine rings is 1. The van der Waals surface area contributed by atoms with E-state index < -0.39 is 23.9 Å². The number of nitrogens with zero attached hydrogens (tertiary/aromatic N) is 2. The maximum atomic E-state index is 13.0. The number of aliphatic hydroxyl groups excluding tert-OH is 2. The highest BCUT2D eigenvalue weighted by molar-refractivity contribution is 5.49. The lowest BCUT2D eigenvalue weighted by atomic mass is 9.79. The van der Waals surface area contributed by atoms with Crippen LogP contribution in [0.4, 0.5) is 19.0 Å². The van der Waals surface area contributed by atoms with Gasteiger partial charge in [0.2, 0.25) is 0 Å². The molecule has 21 heavy (non-hydrogen) atoms. The number of hydrogen-bond donors (Lipinski definition) is 2. The summed E-state index contributed by atoms with van der Waals surface area (Å²) < 4.78 is 39.1. The fraction of sp³-hybridized carbons (Fsp3) is 0.643. The van der Waals surface area contributed by atoms with E-state index in [9.17, 15) is 23.4 Å². The van der Waals surface area contributed by atoms with Crippen LogP contribution in [0.5, 0.6) is 0 Å². The van der Waals surface area contributed by atoms with Crippen molar-refractivity contribution in [1.29, 1.82) is 0 Å². The van der Waals surface area contributed by atoms with Crippen LogP contribution in [0.15, 0.2) is 18.3 Å². The standard InChI is InChI=1S/C14H17F3N2O2/c15-14(16,17)10-2-1-3-18-13(10)19-6-8-4-11(20)12(21)5-9(8)7-19/h1-3,8-9,11-12,20-21H,4-7H2/t8-,9+,11+,12-. The first-order valence-electron chi connectivity index (χ1n) is 6.99. The number of fused-ring (bicyclic) bond motifs is 1. The van der Waals surface area contributed by atoms with Crippen molar-refractivity contribution in [2.45, 2.75) is 31.2 Å². The summed E-state index contributed by atoms with van der Waals surface area (Å²) in [5.74, 6) is 0.154. The molecule has 0 aromatic carbocycles. The number of alkyl halides is 3. The summed E-state index contributed by atoms with van der Waals surface area (Å²) in [5, 5.41) is 19.4. The zero-order valence-corrected chi connectivity index (χ0v) is 11.3. The lowest BCUT2D eigenvalue weighted by Gasteiger charge is -2.31. The van der Waals surface area contributed by atoms with Gasteiger partial charge in [0, 0.05) is 19.3 Å². The molecule has 1 saturated heterocycles. The lowest BCUT2D eigenvalue weighted by Crippen LogP contribution is -2.38. The number of anilines is 1. The summed E-state index contributed by atoms with van der Waals surface area (Å²) in [6, 6.07) is 2.32. The first kappa shape index (κ1) is 14.6. The Morgan fingerprint density at radius 3 is 2.19 bits per heavy atom. The Labute approximate surface area is 120 Å². The topological polar surface area (TPSA) is 56.6 Å². The average molecular weight is 302 g/mol. The Hall–Kier alpha value is -1.34. The predicted octanol–water partition coefficient (Wildman–Crippen LogP) is 1.67. The van der Waals surface area contributed by atoms with Gasteiger partial charge in [-0.3, -0.25) is 0 Å². The molecule has 0 radical (unpaired) electrons. The third-order valence-electron chi connectivity index (χ3n) is 4.50. The van der Waals surface area contributed by atoms with Crippen LogP contribution >= 0.6 is 0 Å². The van der Waals surface area contributed by atoms with Gasteiger partial charge >= 0.3 is 6.18 Å². The van der Waals surface area contributed by atoms with Crippen LogP contribution in [0.1, 0.15) is 18.4 Å². The second-order valence-corrected chi connectivity index (χ2v) is 5.90. The maximum Gasteiger partial charge on any atom is 0.419 e. The smallest absolute Gasteiger partial charge is 0.390 e. The van der Waals surface area contributed by atoms with E-state index in [0.717, 1.165) is 6.07 Å². The zero-order valence-electron chi connectivity index (χ0n) is 11.3. The molecule has 2 fully saturated rings. The summed E-state index contributed by atoms with van der Waals surface area (Å²) >= 11 is 0. The highest BCUT2D eigenvalue weighted by Crippen LogP contribution is 2.41. The molecule has 1 aliphatic carbocycles. The first-order valence-corrected chi connectivity index (χ1v) is 6.99. The number of rotatable bonds is 1. The van der Waals surface area contributed by atoms with Gasteiger partial charge in [0.1, 0.15) is 5.82 Å².